The molecule has 1 aliphatic heterocycles. The Morgan fingerprint density at radius 3 is 2.47 bits per heavy atom. The van der Waals surface area contributed by atoms with Crippen molar-refractivity contribution < 1.29 is 9.59 Å². The number of likely N-dealkylation sites (N-methyl/N-ethyl adjacent to an activating group) is 1. The number of benzene rings is 1. The summed E-state index contributed by atoms with van der Waals surface area (Å²) in [6.07, 6.45) is 2.84. The van der Waals surface area contributed by atoms with Crippen LogP contribution in [-0.2, 0) is 11.2 Å². The lowest BCUT2D eigenvalue weighted by Crippen LogP contribution is -2.53. The molecule has 2 rings (SSSR count). The van der Waals surface area contributed by atoms with Crippen molar-refractivity contribution in [2.45, 2.75) is 39.2 Å². The monoisotopic (exact) mass is 434 g/mol. The standard InChI is InChI=1S/C23H38N4O2S/c1-4-8-22(19-26-15-13-25(3)14-16-26)24-23(29)27(17-18-30-20(2)28)12-11-21-9-6-5-7-10-21/h5-7,9-10,22H,4,8,11-19H2,1-3H3,(H,24,29). The lowest BCUT2D eigenvalue weighted by atomic mass is 10.1. The zero-order chi connectivity index (χ0) is 21.8. The molecule has 1 fully saturated rings. The van der Waals surface area contributed by atoms with Gasteiger partial charge in [-0.1, -0.05) is 55.4 Å². The van der Waals surface area contributed by atoms with Crippen molar-refractivity contribution in [1.29, 1.82) is 0 Å². The number of thioether (sulfide) groups is 1. The van der Waals surface area contributed by atoms with E-state index < -0.39 is 0 Å². The molecule has 168 valence electrons. The molecule has 0 bridgehead atoms. The van der Waals surface area contributed by atoms with Gasteiger partial charge >= 0.3 is 6.03 Å². The first-order valence-electron chi connectivity index (χ1n) is 11.1. The molecule has 6 nitrogen and oxygen atoms in total. The second kappa shape index (κ2) is 13.7. The summed E-state index contributed by atoms with van der Waals surface area (Å²) in [5.41, 5.74) is 1.22. The molecule has 1 atom stereocenters. The number of urea groups is 1. The van der Waals surface area contributed by atoms with Crippen LogP contribution in [0.3, 0.4) is 0 Å². The molecule has 30 heavy (non-hydrogen) atoms. The molecule has 0 saturated carbocycles. The molecule has 1 N–H and O–H groups in total. The van der Waals surface area contributed by atoms with Gasteiger partial charge < -0.3 is 15.1 Å². The number of carbonyl (C=O) groups is 2. The smallest absolute Gasteiger partial charge is 0.317 e. The predicted octanol–water partition coefficient (Wildman–Crippen LogP) is 2.94. The maximum absolute atomic E-state index is 13.1. The molecule has 0 spiro atoms. The van der Waals surface area contributed by atoms with E-state index in [0.29, 0.717) is 18.8 Å². The molecule has 1 saturated heterocycles. The normalized spacial score (nSPS) is 16.2. The molecular weight excluding hydrogens is 396 g/mol. The van der Waals surface area contributed by atoms with E-state index in [9.17, 15) is 9.59 Å². The van der Waals surface area contributed by atoms with E-state index in [0.717, 1.165) is 52.0 Å². The topological polar surface area (TPSA) is 55.9 Å². The Balaban J connectivity index is 1.93. The Labute approximate surface area is 186 Å². The van der Waals surface area contributed by atoms with Crippen LogP contribution in [0, 0.1) is 0 Å². The number of carbonyl (C=O) groups excluding carboxylic acids is 2. The lowest BCUT2D eigenvalue weighted by Gasteiger charge is -2.35. The average molecular weight is 435 g/mol. The summed E-state index contributed by atoms with van der Waals surface area (Å²) in [6.45, 7) is 10.2. The second-order valence-electron chi connectivity index (χ2n) is 8.10. The molecule has 1 unspecified atom stereocenters. The Morgan fingerprint density at radius 1 is 1.13 bits per heavy atom. The molecule has 1 aromatic carbocycles. The highest BCUT2D eigenvalue weighted by Crippen LogP contribution is 2.08. The van der Waals surface area contributed by atoms with Gasteiger partial charge in [-0.15, -0.1) is 0 Å². The number of hydrogen-bond acceptors (Lipinski definition) is 5. The number of amides is 2. The van der Waals surface area contributed by atoms with Crippen LogP contribution in [0.15, 0.2) is 30.3 Å². The van der Waals surface area contributed by atoms with Crippen molar-refractivity contribution in [1.82, 2.24) is 20.0 Å². The van der Waals surface area contributed by atoms with Crippen LogP contribution in [0.1, 0.15) is 32.3 Å². The van der Waals surface area contributed by atoms with Gasteiger partial charge in [0.25, 0.3) is 0 Å². The first-order valence-corrected chi connectivity index (χ1v) is 12.1. The summed E-state index contributed by atoms with van der Waals surface area (Å²) in [6, 6.07) is 10.4. The van der Waals surface area contributed by atoms with Crippen LogP contribution in [0.5, 0.6) is 0 Å². The SMILES string of the molecule is CCCC(CN1CCN(C)CC1)NC(=O)N(CCSC(C)=O)CCc1ccccc1. The number of piperazine rings is 1. The average Bonchev–Trinajstić information content (AvgIpc) is 2.72. The minimum absolute atomic E-state index is 0.0114. The Bertz CT molecular complexity index is 635. The maximum Gasteiger partial charge on any atom is 0.317 e. The quantitative estimate of drug-likeness (QED) is 0.580. The van der Waals surface area contributed by atoms with Gasteiger partial charge in [-0.2, -0.15) is 0 Å². The molecule has 1 heterocycles. The highest BCUT2D eigenvalue weighted by molar-refractivity contribution is 8.13. The fourth-order valence-corrected chi connectivity index (χ4v) is 4.29. The van der Waals surface area contributed by atoms with Gasteiger partial charge in [0.15, 0.2) is 5.12 Å². The van der Waals surface area contributed by atoms with Crippen molar-refractivity contribution in [3.8, 4) is 0 Å². The fourth-order valence-electron chi connectivity index (χ4n) is 3.69. The van der Waals surface area contributed by atoms with Crippen molar-refractivity contribution in [3.63, 3.8) is 0 Å². The second-order valence-corrected chi connectivity index (χ2v) is 9.37. The van der Waals surface area contributed by atoms with Crippen LogP contribution >= 0.6 is 11.8 Å². The summed E-state index contributed by atoms with van der Waals surface area (Å²) >= 11 is 1.28. The number of nitrogens with zero attached hydrogens (tertiary/aromatic N) is 3. The minimum atomic E-state index is -0.0114. The van der Waals surface area contributed by atoms with Crippen LogP contribution in [-0.4, -0.2) is 90.5 Å². The number of rotatable bonds is 11. The Morgan fingerprint density at radius 2 is 1.83 bits per heavy atom. The summed E-state index contributed by atoms with van der Waals surface area (Å²) in [7, 11) is 2.16. The highest BCUT2D eigenvalue weighted by Gasteiger charge is 2.22. The molecular formula is C23H38N4O2S. The Kier molecular flexibility index (Phi) is 11.3. The van der Waals surface area contributed by atoms with Gasteiger partial charge in [-0.25, -0.2) is 4.79 Å². The largest absolute Gasteiger partial charge is 0.334 e. The van der Waals surface area contributed by atoms with Gasteiger partial charge in [-0.3, -0.25) is 9.69 Å². The first kappa shape index (κ1) is 24.7. The summed E-state index contributed by atoms with van der Waals surface area (Å²) in [5, 5.41) is 3.38. The zero-order valence-corrected chi connectivity index (χ0v) is 19.6. The Hall–Kier alpha value is -1.57. The van der Waals surface area contributed by atoms with Gasteiger partial charge in [-0.05, 0) is 25.5 Å². The molecule has 7 heteroatoms. The van der Waals surface area contributed by atoms with Crippen molar-refractivity contribution in [2.75, 3.05) is 58.6 Å². The highest BCUT2D eigenvalue weighted by atomic mass is 32.2. The van der Waals surface area contributed by atoms with E-state index in [1.807, 2.05) is 23.1 Å². The van der Waals surface area contributed by atoms with Gasteiger partial charge in [0.2, 0.25) is 0 Å². The molecule has 0 aliphatic carbocycles. The fraction of sp³-hybridized carbons (Fsp3) is 0.652. The molecule has 1 aromatic rings. The summed E-state index contributed by atoms with van der Waals surface area (Å²) in [5.74, 6) is 0.633. The van der Waals surface area contributed by atoms with E-state index in [2.05, 4.69) is 41.2 Å². The number of hydrogen-bond donors (Lipinski definition) is 1. The third-order valence-corrected chi connectivity index (χ3v) is 6.30. The maximum atomic E-state index is 13.1. The van der Waals surface area contributed by atoms with E-state index in [1.54, 1.807) is 6.92 Å². The molecule has 2 amide bonds. The third-order valence-electron chi connectivity index (χ3n) is 5.51. The van der Waals surface area contributed by atoms with Gasteiger partial charge in [0.1, 0.15) is 0 Å². The van der Waals surface area contributed by atoms with Crippen LogP contribution in [0.4, 0.5) is 4.79 Å². The van der Waals surface area contributed by atoms with Crippen LogP contribution < -0.4 is 5.32 Å². The summed E-state index contributed by atoms with van der Waals surface area (Å²) in [4.78, 5) is 31.1. The van der Waals surface area contributed by atoms with E-state index in [1.165, 1.54) is 17.3 Å². The van der Waals surface area contributed by atoms with E-state index in [-0.39, 0.29) is 17.2 Å². The first-order chi connectivity index (χ1) is 14.5. The predicted molar refractivity (Wildman–Crippen MR) is 126 cm³/mol. The van der Waals surface area contributed by atoms with E-state index in [4.69, 9.17) is 0 Å². The lowest BCUT2D eigenvalue weighted by molar-refractivity contribution is -0.109. The van der Waals surface area contributed by atoms with Gasteiger partial charge in [0, 0.05) is 64.5 Å². The molecule has 1 aliphatic rings. The molecule has 0 radical (unpaired) electrons. The van der Waals surface area contributed by atoms with E-state index >= 15 is 0 Å². The zero-order valence-electron chi connectivity index (χ0n) is 18.8. The van der Waals surface area contributed by atoms with Crippen molar-refractivity contribution >= 4 is 22.9 Å². The van der Waals surface area contributed by atoms with Gasteiger partial charge in [0.05, 0.1) is 0 Å². The van der Waals surface area contributed by atoms with Crippen molar-refractivity contribution in [2.24, 2.45) is 0 Å². The number of nitrogens with one attached hydrogen (secondary N) is 1. The third kappa shape index (κ3) is 9.49. The van der Waals surface area contributed by atoms with Crippen molar-refractivity contribution in [3.05, 3.63) is 35.9 Å². The van der Waals surface area contributed by atoms with Crippen LogP contribution in [0.25, 0.3) is 0 Å². The molecule has 0 aromatic heterocycles. The minimum Gasteiger partial charge on any atom is -0.334 e. The summed E-state index contributed by atoms with van der Waals surface area (Å²) < 4.78 is 0. The van der Waals surface area contributed by atoms with Crippen LogP contribution in [0.2, 0.25) is 0 Å².